The fraction of sp³-hybridized carbons (Fsp3) is 0.333. The normalized spacial score (nSPS) is 11.0. The standard InChI is InChI=1S/C18H19N5O/c1-11(2)14-5-7-15(8-6-14)18-21-17(24-22-18)10-23-13(4)12(3)20-16(23)9-19/h5-8,11H,10H2,1-4H3. The van der Waals surface area contributed by atoms with Gasteiger partial charge < -0.3 is 9.09 Å². The molecule has 0 aliphatic carbocycles. The summed E-state index contributed by atoms with van der Waals surface area (Å²) in [6.07, 6.45) is 0. The van der Waals surface area contributed by atoms with Crippen LogP contribution in [0.2, 0.25) is 0 Å². The largest absolute Gasteiger partial charge is 0.337 e. The number of rotatable bonds is 4. The summed E-state index contributed by atoms with van der Waals surface area (Å²) in [5.74, 6) is 1.84. The number of aromatic nitrogens is 4. The molecule has 0 atom stereocenters. The van der Waals surface area contributed by atoms with Crippen LogP contribution in [0.3, 0.4) is 0 Å². The molecule has 0 amide bonds. The van der Waals surface area contributed by atoms with E-state index in [2.05, 4.69) is 47.2 Å². The third kappa shape index (κ3) is 2.93. The summed E-state index contributed by atoms with van der Waals surface area (Å²) in [7, 11) is 0. The second-order valence-electron chi connectivity index (χ2n) is 6.09. The van der Waals surface area contributed by atoms with Crippen LogP contribution in [0, 0.1) is 25.2 Å². The molecule has 0 unspecified atom stereocenters. The Hall–Kier alpha value is -2.94. The van der Waals surface area contributed by atoms with E-state index in [0.717, 1.165) is 17.0 Å². The lowest BCUT2D eigenvalue weighted by Gasteiger charge is -2.04. The van der Waals surface area contributed by atoms with Gasteiger partial charge in [0, 0.05) is 11.3 Å². The number of hydrogen-bond donors (Lipinski definition) is 0. The molecular formula is C18H19N5O. The van der Waals surface area contributed by atoms with Gasteiger partial charge in [-0.15, -0.1) is 0 Å². The summed E-state index contributed by atoms with van der Waals surface area (Å²) in [5, 5.41) is 13.2. The third-order valence-electron chi connectivity index (χ3n) is 4.15. The Morgan fingerprint density at radius 3 is 2.50 bits per heavy atom. The Morgan fingerprint density at radius 1 is 1.17 bits per heavy atom. The van der Waals surface area contributed by atoms with Gasteiger partial charge in [0.1, 0.15) is 12.6 Å². The number of imidazole rings is 1. The van der Waals surface area contributed by atoms with Gasteiger partial charge in [0.05, 0.1) is 5.69 Å². The quantitative estimate of drug-likeness (QED) is 0.733. The zero-order valence-electron chi connectivity index (χ0n) is 14.2. The van der Waals surface area contributed by atoms with Crippen molar-refractivity contribution in [3.63, 3.8) is 0 Å². The summed E-state index contributed by atoms with van der Waals surface area (Å²) in [5.41, 5.74) is 3.93. The highest BCUT2D eigenvalue weighted by atomic mass is 16.5. The zero-order valence-corrected chi connectivity index (χ0v) is 14.2. The van der Waals surface area contributed by atoms with E-state index >= 15 is 0 Å². The highest BCUT2D eigenvalue weighted by Gasteiger charge is 2.15. The van der Waals surface area contributed by atoms with Crippen molar-refractivity contribution >= 4 is 0 Å². The highest BCUT2D eigenvalue weighted by Crippen LogP contribution is 2.21. The van der Waals surface area contributed by atoms with Gasteiger partial charge in [0.15, 0.2) is 0 Å². The fourth-order valence-electron chi connectivity index (χ4n) is 2.52. The lowest BCUT2D eigenvalue weighted by molar-refractivity contribution is 0.370. The van der Waals surface area contributed by atoms with E-state index < -0.39 is 0 Å². The van der Waals surface area contributed by atoms with E-state index in [9.17, 15) is 5.26 Å². The number of nitriles is 1. The van der Waals surface area contributed by atoms with Crippen LogP contribution in [-0.4, -0.2) is 19.7 Å². The van der Waals surface area contributed by atoms with Crippen molar-refractivity contribution in [2.75, 3.05) is 0 Å². The molecule has 1 aromatic carbocycles. The van der Waals surface area contributed by atoms with Crippen LogP contribution in [-0.2, 0) is 6.54 Å². The first-order valence-corrected chi connectivity index (χ1v) is 7.86. The van der Waals surface area contributed by atoms with E-state index in [1.807, 2.05) is 26.0 Å². The van der Waals surface area contributed by atoms with E-state index in [1.165, 1.54) is 5.56 Å². The fourth-order valence-corrected chi connectivity index (χ4v) is 2.52. The molecular weight excluding hydrogens is 302 g/mol. The van der Waals surface area contributed by atoms with Gasteiger partial charge in [0.25, 0.3) is 0 Å². The first-order chi connectivity index (χ1) is 11.5. The van der Waals surface area contributed by atoms with Crippen LogP contribution in [0.25, 0.3) is 11.4 Å². The summed E-state index contributed by atoms with van der Waals surface area (Å²) in [6.45, 7) is 8.45. The van der Waals surface area contributed by atoms with Gasteiger partial charge in [-0.3, -0.25) is 0 Å². The van der Waals surface area contributed by atoms with Crippen LogP contribution in [0.15, 0.2) is 28.8 Å². The molecule has 0 fully saturated rings. The van der Waals surface area contributed by atoms with Crippen LogP contribution >= 0.6 is 0 Å². The molecule has 3 rings (SSSR count). The maximum absolute atomic E-state index is 9.19. The molecule has 0 aliphatic rings. The van der Waals surface area contributed by atoms with Crippen molar-refractivity contribution in [3.8, 4) is 17.5 Å². The Kier molecular flexibility index (Phi) is 4.17. The smallest absolute Gasteiger partial charge is 0.246 e. The lowest BCUT2D eigenvalue weighted by Crippen LogP contribution is -2.05. The average molecular weight is 321 g/mol. The first kappa shape index (κ1) is 15.9. The van der Waals surface area contributed by atoms with Gasteiger partial charge >= 0.3 is 0 Å². The Morgan fingerprint density at radius 2 is 1.88 bits per heavy atom. The molecule has 122 valence electrons. The molecule has 0 radical (unpaired) electrons. The monoisotopic (exact) mass is 321 g/mol. The molecule has 0 N–H and O–H groups in total. The lowest BCUT2D eigenvalue weighted by atomic mass is 10.0. The van der Waals surface area contributed by atoms with Crippen LogP contribution in [0.5, 0.6) is 0 Å². The minimum Gasteiger partial charge on any atom is -0.337 e. The summed E-state index contributed by atoms with van der Waals surface area (Å²) in [6, 6.07) is 10.2. The number of benzene rings is 1. The molecule has 0 saturated carbocycles. The molecule has 0 aliphatic heterocycles. The molecule has 6 nitrogen and oxygen atoms in total. The number of hydrogen-bond acceptors (Lipinski definition) is 5. The molecule has 24 heavy (non-hydrogen) atoms. The molecule has 3 aromatic rings. The maximum atomic E-state index is 9.19. The number of aryl methyl sites for hydroxylation is 1. The van der Waals surface area contributed by atoms with Crippen molar-refractivity contribution in [1.29, 1.82) is 5.26 Å². The van der Waals surface area contributed by atoms with Crippen molar-refractivity contribution in [2.24, 2.45) is 0 Å². The van der Waals surface area contributed by atoms with Crippen molar-refractivity contribution in [3.05, 3.63) is 52.9 Å². The van der Waals surface area contributed by atoms with Gasteiger partial charge in [0.2, 0.25) is 17.5 Å². The number of nitrogens with zero attached hydrogens (tertiary/aromatic N) is 5. The zero-order chi connectivity index (χ0) is 17.3. The van der Waals surface area contributed by atoms with Crippen LogP contribution in [0.4, 0.5) is 0 Å². The van der Waals surface area contributed by atoms with Gasteiger partial charge in [-0.1, -0.05) is 43.3 Å². The van der Waals surface area contributed by atoms with E-state index in [-0.39, 0.29) is 0 Å². The van der Waals surface area contributed by atoms with Gasteiger partial charge in [-0.25, -0.2) is 4.98 Å². The third-order valence-corrected chi connectivity index (χ3v) is 4.15. The molecule has 0 bridgehead atoms. The predicted molar refractivity (Wildman–Crippen MR) is 89.3 cm³/mol. The minimum absolute atomic E-state index is 0.340. The molecule has 2 aromatic heterocycles. The molecule has 0 spiro atoms. The van der Waals surface area contributed by atoms with Crippen LogP contribution < -0.4 is 0 Å². The van der Waals surface area contributed by atoms with Crippen LogP contribution in [0.1, 0.15) is 48.4 Å². The Balaban J connectivity index is 1.85. The SMILES string of the molecule is Cc1nc(C#N)n(Cc2nc(-c3ccc(C(C)C)cc3)no2)c1C. The molecule has 6 heteroatoms. The van der Waals surface area contributed by atoms with Gasteiger partial charge in [-0.05, 0) is 25.3 Å². The Bertz CT molecular complexity index is 897. The average Bonchev–Trinajstić information content (AvgIpc) is 3.15. The maximum Gasteiger partial charge on any atom is 0.246 e. The first-order valence-electron chi connectivity index (χ1n) is 7.86. The highest BCUT2D eigenvalue weighted by molar-refractivity contribution is 5.54. The Labute approximate surface area is 140 Å². The van der Waals surface area contributed by atoms with Gasteiger partial charge in [-0.2, -0.15) is 10.2 Å². The van der Waals surface area contributed by atoms with Crippen molar-refractivity contribution in [1.82, 2.24) is 19.7 Å². The summed E-state index contributed by atoms with van der Waals surface area (Å²) < 4.78 is 7.13. The van der Waals surface area contributed by atoms with Crippen molar-refractivity contribution in [2.45, 2.75) is 40.2 Å². The van der Waals surface area contributed by atoms with E-state index in [0.29, 0.717) is 30.0 Å². The summed E-state index contributed by atoms with van der Waals surface area (Å²) in [4.78, 5) is 8.67. The second kappa shape index (κ2) is 6.28. The molecule has 0 saturated heterocycles. The minimum atomic E-state index is 0.340. The predicted octanol–water partition coefficient (Wildman–Crippen LogP) is 3.59. The van der Waals surface area contributed by atoms with E-state index in [4.69, 9.17) is 4.52 Å². The molecule has 2 heterocycles. The topological polar surface area (TPSA) is 80.5 Å². The van der Waals surface area contributed by atoms with E-state index in [1.54, 1.807) is 4.57 Å². The second-order valence-corrected chi connectivity index (χ2v) is 6.09. The summed E-state index contributed by atoms with van der Waals surface area (Å²) >= 11 is 0. The van der Waals surface area contributed by atoms with Crippen molar-refractivity contribution < 1.29 is 4.52 Å².